The van der Waals surface area contributed by atoms with Crippen LogP contribution in [0.3, 0.4) is 0 Å². The molecule has 4 rings (SSSR count). The van der Waals surface area contributed by atoms with Crippen molar-refractivity contribution < 1.29 is 4.79 Å². The maximum absolute atomic E-state index is 12.6. The number of thioether (sulfide) groups is 1. The van der Waals surface area contributed by atoms with E-state index in [1.54, 1.807) is 10.9 Å². The van der Waals surface area contributed by atoms with Crippen molar-refractivity contribution in [3.05, 3.63) is 58.7 Å². The van der Waals surface area contributed by atoms with Crippen LogP contribution >= 0.6 is 35.3 Å². The average Bonchev–Trinajstić information content (AvgIpc) is 3.14. The molecule has 1 saturated heterocycles. The fourth-order valence-electron chi connectivity index (χ4n) is 2.99. The zero-order valence-electron chi connectivity index (χ0n) is 15.1. The van der Waals surface area contributed by atoms with E-state index in [1.165, 1.54) is 23.1 Å². The lowest BCUT2D eigenvalue weighted by atomic mass is 10.3. The van der Waals surface area contributed by atoms with Crippen molar-refractivity contribution in [3.63, 3.8) is 0 Å². The van der Waals surface area contributed by atoms with Crippen LogP contribution in [0.1, 0.15) is 0 Å². The summed E-state index contributed by atoms with van der Waals surface area (Å²) in [5.41, 5.74) is 0.938. The Kier molecular flexibility index (Phi) is 6.04. The number of hydrogen-bond acceptors (Lipinski definition) is 7. The Balaban J connectivity index is 1.31. The van der Waals surface area contributed by atoms with E-state index < -0.39 is 0 Å². The summed E-state index contributed by atoms with van der Waals surface area (Å²) >= 11 is 8.31. The average molecular weight is 430 g/mol. The molecule has 3 aromatic rings. The first-order chi connectivity index (χ1) is 13.7. The predicted octanol–water partition coefficient (Wildman–Crippen LogP) is 3.50. The Hall–Kier alpha value is -2.23. The first kappa shape index (κ1) is 19.1. The van der Waals surface area contributed by atoms with E-state index in [0.29, 0.717) is 22.8 Å². The third-order valence-corrected chi connectivity index (χ3v) is 6.80. The molecule has 1 fully saturated rings. The second-order valence-electron chi connectivity index (χ2n) is 6.23. The Morgan fingerprint density at radius 3 is 2.54 bits per heavy atom. The van der Waals surface area contributed by atoms with Crippen LogP contribution in [-0.4, -0.2) is 57.5 Å². The highest BCUT2D eigenvalue weighted by atomic mass is 32.2. The maximum Gasteiger partial charge on any atom is 0.233 e. The van der Waals surface area contributed by atoms with Crippen molar-refractivity contribution in [1.29, 1.82) is 0 Å². The van der Waals surface area contributed by atoms with Crippen LogP contribution in [-0.2, 0) is 4.79 Å². The number of anilines is 1. The summed E-state index contributed by atoms with van der Waals surface area (Å²) in [6.45, 7) is 3.03. The molecule has 0 N–H and O–H groups in total. The van der Waals surface area contributed by atoms with E-state index in [4.69, 9.17) is 12.2 Å². The Labute approximate surface area is 176 Å². The lowest BCUT2D eigenvalue weighted by molar-refractivity contribution is -0.128. The van der Waals surface area contributed by atoms with Gasteiger partial charge in [0.15, 0.2) is 8.29 Å². The predicted molar refractivity (Wildman–Crippen MR) is 116 cm³/mol. The van der Waals surface area contributed by atoms with Crippen molar-refractivity contribution >= 4 is 47.0 Å². The first-order valence-corrected chi connectivity index (χ1v) is 11.1. The molecule has 144 valence electrons. The number of nitrogens with zero attached hydrogens (tertiary/aromatic N) is 5. The van der Waals surface area contributed by atoms with Gasteiger partial charge in [-0.05, 0) is 36.5 Å². The van der Waals surface area contributed by atoms with Gasteiger partial charge in [-0.15, -0.1) is 5.10 Å². The molecule has 9 heteroatoms. The Bertz CT molecular complexity index is 982. The number of para-hydroxylation sites is 1. The number of pyridine rings is 1. The minimum atomic E-state index is 0.137. The summed E-state index contributed by atoms with van der Waals surface area (Å²) in [6.07, 6.45) is 1.80. The molecule has 1 aliphatic rings. The standard InChI is InChI=1S/C19H19N5OS3/c25-17(23-12-10-22(11-13-23)16-8-4-5-9-20-16)14-27-18-21-24(19(26)28-18)15-6-2-1-3-7-15/h1-9H,10-14H2. The molecule has 3 heterocycles. The molecule has 1 aromatic carbocycles. The van der Waals surface area contributed by atoms with Gasteiger partial charge in [-0.2, -0.15) is 0 Å². The van der Waals surface area contributed by atoms with E-state index in [-0.39, 0.29) is 5.91 Å². The minimum absolute atomic E-state index is 0.137. The lowest BCUT2D eigenvalue weighted by Crippen LogP contribution is -2.49. The summed E-state index contributed by atoms with van der Waals surface area (Å²) in [5.74, 6) is 1.48. The van der Waals surface area contributed by atoms with Crippen LogP contribution < -0.4 is 4.90 Å². The van der Waals surface area contributed by atoms with Crippen molar-refractivity contribution in [2.75, 3.05) is 36.8 Å². The van der Waals surface area contributed by atoms with Gasteiger partial charge in [-0.3, -0.25) is 4.79 Å². The van der Waals surface area contributed by atoms with Gasteiger partial charge in [0.2, 0.25) is 5.91 Å². The number of carbonyl (C=O) groups is 1. The van der Waals surface area contributed by atoms with Crippen molar-refractivity contribution in [3.8, 4) is 5.69 Å². The van der Waals surface area contributed by atoms with Crippen LogP contribution in [0.2, 0.25) is 0 Å². The fraction of sp³-hybridized carbons (Fsp3) is 0.263. The number of hydrogen-bond donors (Lipinski definition) is 0. The van der Waals surface area contributed by atoms with Gasteiger partial charge in [0, 0.05) is 32.4 Å². The second kappa shape index (κ2) is 8.85. The molecule has 0 radical (unpaired) electrons. The molecule has 0 bridgehead atoms. The Morgan fingerprint density at radius 1 is 1.07 bits per heavy atom. The van der Waals surface area contributed by atoms with Gasteiger partial charge in [0.25, 0.3) is 0 Å². The van der Waals surface area contributed by atoms with Gasteiger partial charge < -0.3 is 9.80 Å². The van der Waals surface area contributed by atoms with Gasteiger partial charge in [0.05, 0.1) is 11.4 Å². The number of carbonyl (C=O) groups excluding carboxylic acids is 1. The van der Waals surface area contributed by atoms with Crippen LogP contribution in [0.25, 0.3) is 5.69 Å². The van der Waals surface area contributed by atoms with Crippen LogP contribution in [0, 0.1) is 3.95 Å². The third kappa shape index (κ3) is 4.43. The largest absolute Gasteiger partial charge is 0.353 e. The smallest absolute Gasteiger partial charge is 0.233 e. The summed E-state index contributed by atoms with van der Waals surface area (Å²) in [7, 11) is 0. The summed E-state index contributed by atoms with van der Waals surface area (Å²) in [5, 5.41) is 4.56. The molecule has 0 aliphatic carbocycles. The monoisotopic (exact) mass is 429 g/mol. The lowest BCUT2D eigenvalue weighted by Gasteiger charge is -2.35. The SMILES string of the molecule is O=C(CSc1nn(-c2ccccc2)c(=S)s1)N1CCN(c2ccccn2)CC1. The first-order valence-electron chi connectivity index (χ1n) is 8.93. The normalized spacial score (nSPS) is 14.3. The van der Waals surface area contributed by atoms with E-state index >= 15 is 0 Å². The van der Waals surface area contributed by atoms with E-state index in [0.717, 1.165) is 28.9 Å². The zero-order chi connectivity index (χ0) is 19.3. The number of amides is 1. The summed E-state index contributed by atoms with van der Waals surface area (Å²) in [4.78, 5) is 21.1. The zero-order valence-corrected chi connectivity index (χ0v) is 17.6. The summed E-state index contributed by atoms with van der Waals surface area (Å²) < 4.78 is 3.25. The van der Waals surface area contributed by atoms with Crippen molar-refractivity contribution in [1.82, 2.24) is 19.7 Å². The minimum Gasteiger partial charge on any atom is -0.353 e. The molecule has 0 saturated carbocycles. The molecule has 1 aliphatic heterocycles. The van der Waals surface area contributed by atoms with Crippen molar-refractivity contribution in [2.24, 2.45) is 0 Å². The van der Waals surface area contributed by atoms with Gasteiger partial charge in [-0.25, -0.2) is 9.67 Å². The number of piperazine rings is 1. The molecule has 0 unspecified atom stereocenters. The highest BCUT2D eigenvalue weighted by molar-refractivity contribution is 8.01. The maximum atomic E-state index is 12.6. The molecular weight excluding hydrogens is 410 g/mol. The van der Waals surface area contributed by atoms with Gasteiger partial charge >= 0.3 is 0 Å². The van der Waals surface area contributed by atoms with Crippen molar-refractivity contribution in [2.45, 2.75) is 4.34 Å². The number of benzene rings is 1. The molecule has 0 spiro atoms. The molecule has 6 nitrogen and oxygen atoms in total. The Morgan fingerprint density at radius 2 is 1.82 bits per heavy atom. The topological polar surface area (TPSA) is 54.3 Å². The molecular formula is C19H19N5OS3. The molecule has 0 atom stereocenters. The van der Waals surface area contributed by atoms with Crippen LogP contribution in [0.5, 0.6) is 0 Å². The number of rotatable bonds is 5. The third-order valence-electron chi connectivity index (χ3n) is 4.45. The van der Waals surface area contributed by atoms with Crippen LogP contribution in [0.4, 0.5) is 5.82 Å². The molecule has 1 amide bonds. The number of aromatic nitrogens is 3. The fourth-order valence-corrected chi connectivity index (χ4v) is 5.26. The highest BCUT2D eigenvalue weighted by Gasteiger charge is 2.22. The van der Waals surface area contributed by atoms with Gasteiger partial charge in [-0.1, -0.05) is 47.4 Å². The highest BCUT2D eigenvalue weighted by Crippen LogP contribution is 2.24. The van der Waals surface area contributed by atoms with Crippen LogP contribution in [0.15, 0.2) is 59.1 Å². The van der Waals surface area contributed by atoms with Gasteiger partial charge in [0.1, 0.15) is 5.82 Å². The molecule has 2 aromatic heterocycles. The van der Waals surface area contributed by atoms with E-state index in [2.05, 4.69) is 15.0 Å². The quantitative estimate of drug-likeness (QED) is 0.457. The summed E-state index contributed by atoms with van der Waals surface area (Å²) in [6, 6.07) is 15.7. The van der Waals surface area contributed by atoms with E-state index in [1.807, 2.05) is 53.4 Å². The second-order valence-corrected chi connectivity index (χ2v) is 9.07. The van der Waals surface area contributed by atoms with E-state index in [9.17, 15) is 4.79 Å². The molecule has 28 heavy (non-hydrogen) atoms.